The average molecular weight is 313 g/mol. The van der Waals surface area contributed by atoms with Gasteiger partial charge in [0.15, 0.2) is 5.13 Å². The standard InChI is InChI=1S/C15H27N3O2S/c1-6-18(7-2)15-17-10-12(21-15)9-16-13(8-11(3)4)14(19)20-5/h10-11,13,16H,6-9H2,1-5H3. The van der Waals surface area contributed by atoms with Gasteiger partial charge in [-0.3, -0.25) is 10.1 Å². The molecule has 6 heteroatoms. The van der Waals surface area contributed by atoms with Crippen LogP contribution in [0.3, 0.4) is 0 Å². The highest BCUT2D eigenvalue weighted by Crippen LogP contribution is 2.22. The van der Waals surface area contributed by atoms with Crippen molar-refractivity contribution in [1.82, 2.24) is 10.3 Å². The molecular weight excluding hydrogens is 286 g/mol. The molecule has 0 saturated heterocycles. The highest BCUT2D eigenvalue weighted by Gasteiger charge is 2.20. The van der Waals surface area contributed by atoms with E-state index >= 15 is 0 Å². The van der Waals surface area contributed by atoms with Crippen LogP contribution in [0.5, 0.6) is 0 Å². The SMILES string of the molecule is CCN(CC)c1ncc(CNC(CC(C)C)C(=O)OC)s1. The van der Waals surface area contributed by atoms with Crippen LogP contribution in [0.4, 0.5) is 5.13 Å². The Morgan fingerprint density at radius 2 is 2.10 bits per heavy atom. The summed E-state index contributed by atoms with van der Waals surface area (Å²) in [6, 6.07) is -0.256. The van der Waals surface area contributed by atoms with Crippen LogP contribution in [0.2, 0.25) is 0 Å². The Hall–Kier alpha value is -1.14. The summed E-state index contributed by atoms with van der Waals surface area (Å²) in [4.78, 5) is 19.6. The molecule has 1 unspecified atom stereocenters. The van der Waals surface area contributed by atoms with Crippen LogP contribution in [-0.2, 0) is 16.1 Å². The smallest absolute Gasteiger partial charge is 0.322 e. The van der Waals surface area contributed by atoms with Crippen molar-refractivity contribution >= 4 is 22.4 Å². The largest absolute Gasteiger partial charge is 0.468 e. The molecule has 0 radical (unpaired) electrons. The van der Waals surface area contributed by atoms with E-state index < -0.39 is 0 Å². The van der Waals surface area contributed by atoms with Gasteiger partial charge in [-0.15, -0.1) is 11.3 Å². The van der Waals surface area contributed by atoms with Gasteiger partial charge >= 0.3 is 5.97 Å². The number of carbonyl (C=O) groups is 1. The predicted octanol–water partition coefficient (Wildman–Crippen LogP) is 2.67. The van der Waals surface area contributed by atoms with Crippen molar-refractivity contribution in [2.24, 2.45) is 5.92 Å². The first kappa shape index (κ1) is 17.9. The van der Waals surface area contributed by atoms with Crippen LogP contribution in [0, 0.1) is 5.92 Å². The Labute approximate surface area is 131 Å². The summed E-state index contributed by atoms with van der Waals surface area (Å²) < 4.78 is 4.86. The first-order chi connectivity index (χ1) is 10.0. The summed E-state index contributed by atoms with van der Waals surface area (Å²) >= 11 is 1.67. The summed E-state index contributed by atoms with van der Waals surface area (Å²) in [5, 5.41) is 4.32. The molecule has 0 saturated carbocycles. The van der Waals surface area contributed by atoms with E-state index in [4.69, 9.17) is 4.74 Å². The molecule has 1 N–H and O–H groups in total. The third-order valence-electron chi connectivity index (χ3n) is 3.29. The van der Waals surface area contributed by atoms with Gasteiger partial charge in [-0.1, -0.05) is 13.8 Å². The van der Waals surface area contributed by atoms with Crippen LogP contribution in [0.25, 0.3) is 0 Å². The zero-order valence-electron chi connectivity index (χ0n) is 13.7. The van der Waals surface area contributed by atoms with Gasteiger partial charge in [-0.2, -0.15) is 0 Å². The van der Waals surface area contributed by atoms with E-state index in [2.05, 4.69) is 42.9 Å². The van der Waals surface area contributed by atoms with Gasteiger partial charge in [0.2, 0.25) is 0 Å². The van der Waals surface area contributed by atoms with Crippen molar-refractivity contribution < 1.29 is 9.53 Å². The lowest BCUT2D eigenvalue weighted by Gasteiger charge is -2.18. The van der Waals surface area contributed by atoms with Crippen molar-refractivity contribution in [3.63, 3.8) is 0 Å². The zero-order chi connectivity index (χ0) is 15.8. The van der Waals surface area contributed by atoms with E-state index in [9.17, 15) is 4.79 Å². The van der Waals surface area contributed by atoms with E-state index in [0.717, 1.165) is 29.5 Å². The van der Waals surface area contributed by atoms with Crippen molar-refractivity contribution in [3.05, 3.63) is 11.1 Å². The lowest BCUT2D eigenvalue weighted by Crippen LogP contribution is -2.38. The molecule has 0 aliphatic rings. The van der Waals surface area contributed by atoms with Gasteiger partial charge in [-0.05, 0) is 26.2 Å². The molecule has 1 aromatic rings. The molecule has 1 atom stereocenters. The van der Waals surface area contributed by atoms with E-state index in [-0.39, 0.29) is 12.0 Å². The number of hydrogen-bond donors (Lipinski definition) is 1. The second kappa shape index (κ2) is 9.00. The highest BCUT2D eigenvalue weighted by atomic mass is 32.1. The third-order valence-corrected chi connectivity index (χ3v) is 4.35. The van der Waals surface area contributed by atoms with Crippen molar-refractivity contribution in [3.8, 4) is 0 Å². The van der Waals surface area contributed by atoms with E-state index in [0.29, 0.717) is 12.5 Å². The number of rotatable bonds is 9. The Morgan fingerprint density at radius 1 is 1.43 bits per heavy atom. The first-order valence-electron chi connectivity index (χ1n) is 7.52. The van der Waals surface area contributed by atoms with Gasteiger partial charge in [0.05, 0.1) is 7.11 Å². The van der Waals surface area contributed by atoms with Crippen molar-refractivity contribution in [2.75, 3.05) is 25.1 Å². The average Bonchev–Trinajstić information content (AvgIpc) is 2.92. The van der Waals surface area contributed by atoms with Crippen LogP contribution in [-0.4, -0.2) is 37.2 Å². The zero-order valence-corrected chi connectivity index (χ0v) is 14.5. The van der Waals surface area contributed by atoms with Gasteiger partial charge in [0.1, 0.15) is 6.04 Å². The van der Waals surface area contributed by atoms with Crippen LogP contribution in [0.1, 0.15) is 39.0 Å². The Balaban J connectivity index is 2.61. The minimum Gasteiger partial charge on any atom is -0.468 e. The number of aromatic nitrogens is 1. The third kappa shape index (κ3) is 5.63. The minimum absolute atomic E-state index is 0.197. The second-order valence-corrected chi connectivity index (χ2v) is 6.46. The van der Waals surface area contributed by atoms with Gasteiger partial charge < -0.3 is 9.64 Å². The molecule has 0 bridgehead atoms. The number of nitrogens with zero attached hydrogens (tertiary/aromatic N) is 2. The Bertz CT molecular complexity index is 430. The minimum atomic E-state index is -0.256. The summed E-state index contributed by atoms with van der Waals surface area (Å²) in [5.74, 6) is 0.242. The lowest BCUT2D eigenvalue weighted by atomic mass is 10.0. The molecule has 0 aliphatic carbocycles. The fraction of sp³-hybridized carbons (Fsp3) is 0.733. The van der Waals surface area contributed by atoms with Crippen molar-refractivity contribution in [1.29, 1.82) is 0 Å². The summed E-state index contributed by atoms with van der Waals surface area (Å²) in [6.45, 7) is 11.0. The van der Waals surface area contributed by atoms with E-state index in [1.807, 2.05) is 6.20 Å². The Morgan fingerprint density at radius 3 is 2.62 bits per heavy atom. The fourth-order valence-electron chi connectivity index (χ4n) is 2.12. The second-order valence-electron chi connectivity index (χ2n) is 5.37. The number of thiazole rings is 1. The molecule has 1 heterocycles. The van der Waals surface area contributed by atoms with Crippen molar-refractivity contribution in [2.45, 2.75) is 46.7 Å². The lowest BCUT2D eigenvalue weighted by molar-refractivity contribution is -0.143. The fourth-order valence-corrected chi connectivity index (χ4v) is 3.11. The maximum absolute atomic E-state index is 11.8. The monoisotopic (exact) mass is 313 g/mol. The number of ether oxygens (including phenoxy) is 1. The molecule has 1 rings (SSSR count). The number of anilines is 1. The normalized spacial score (nSPS) is 12.5. The number of nitrogens with one attached hydrogen (secondary N) is 1. The molecule has 1 aromatic heterocycles. The van der Waals surface area contributed by atoms with Gasteiger partial charge in [0, 0.05) is 30.7 Å². The molecular formula is C15H27N3O2S. The molecule has 5 nitrogen and oxygen atoms in total. The molecule has 0 aliphatic heterocycles. The van der Waals surface area contributed by atoms with Gasteiger partial charge in [-0.25, -0.2) is 4.98 Å². The van der Waals surface area contributed by atoms with Gasteiger partial charge in [0.25, 0.3) is 0 Å². The number of esters is 1. The summed E-state index contributed by atoms with van der Waals surface area (Å²) in [5.41, 5.74) is 0. The van der Waals surface area contributed by atoms with E-state index in [1.165, 1.54) is 7.11 Å². The Kier molecular flexibility index (Phi) is 7.67. The first-order valence-corrected chi connectivity index (χ1v) is 8.34. The van der Waals surface area contributed by atoms with Crippen LogP contribution >= 0.6 is 11.3 Å². The summed E-state index contributed by atoms with van der Waals surface area (Å²) in [7, 11) is 1.43. The number of carbonyl (C=O) groups excluding carboxylic acids is 1. The molecule has 0 spiro atoms. The van der Waals surface area contributed by atoms with E-state index in [1.54, 1.807) is 11.3 Å². The van der Waals surface area contributed by atoms with Crippen LogP contribution in [0.15, 0.2) is 6.20 Å². The highest BCUT2D eigenvalue weighted by molar-refractivity contribution is 7.15. The summed E-state index contributed by atoms with van der Waals surface area (Å²) in [6.07, 6.45) is 2.66. The topological polar surface area (TPSA) is 54.5 Å². The maximum atomic E-state index is 11.8. The predicted molar refractivity (Wildman–Crippen MR) is 87.8 cm³/mol. The number of methoxy groups -OCH3 is 1. The number of hydrogen-bond acceptors (Lipinski definition) is 6. The molecule has 0 fully saturated rings. The molecule has 0 amide bonds. The van der Waals surface area contributed by atoms with Crippen LogP contribution < -0.4 is 10.2 Å². The maximum Gasteiger partial charge on any atom is 0.322 e. The quantitative estimate of drug-likeness (QED) is 0.710. The molecule has 0 aromatic carbocycles. The molecule has 120 valence electrons. The molecule has 21 heavy (non-hydrogen) atoms.